The number of nitrogens with zero attached hydrogens (tertiary/aromatic N) is 1. The van der Waals surface area contributed by atoms with E-state index >= 15 is 0 Å². The highest BCUT2D eigenvalue weighted by Crippen LogP contribution is 2.23. The molecule has 1 aliphatic rings. The smallest absolute Gasteiger partial charge is 0.240 e. The first-order valence-corrected chi connectivity index (χ1v) is 8.92. The third-order valence-electron chi connectivity index (χ3n) is 3.30. The lowest BCUT2D eigenvalue weighted by atomic mass is 10.3. The molecule has 1 atom stereocenters. The van der Waals surface area contributed by atoms with Crippen molar-refractivity contribution in [2.45, 2.75) is 30.7 Å². The number of likely N-dealkylation sites (tertiary alicyclic amines) is 1. The van der Waals surface area contributed by atoms with E-state index < -0.39 is 10.0 Å². The van der Waals surface area contributed by atoms with Gasteiger partial charge in [-0.1, -0.05) is 0 Å². The summed E-state index contributed by atoms with van der Waals surface area (Å²) in [6.07, 6.45) is 1.38. The van der Waals surface area contributed by atoms with Crippen molar-refractivity contribution in [1.29, 1.82) is 0 Å². The first-order valence-electron chi connectivity index (χ1n) is 6.65. The molecule has 0 aliphatic carbocycles. The highest BCUT2D eigenvalue weighted by atomic mass is 79.9. The van der Waals surface area contributed by atoms with Crippen molar-refractivity contribution in [1.82, 2.24) is 9.62 Å². The number of sulfonamides is 1. The van der Waals surface area contributed by atoms with Gasteiger partial charge in [0.15, 0.2) is 0 Å². The van der Waals surface area contributed by atoms with Gasteiger partial charge in [-0.15, -0.1) is 0 Å². The molecular weight excluding hydrogens is 358 g/mol. The zero-order valence-electron chi connectivity index (χ0n) is 11.7. The molecule has 1 amide bonds. The Hall–Kier alpha value is -1.12. The van der Waals surface area contributed by atoms with E-state index in [2.05, 4.69) is 20.7 Å². The van der Waals surface area contributed by atoms with Crippen LogP contribution in [0.4, 0.5) is 5.69 Å². The summed E-state index contributed by atoms with van der Waals surface area (Å²) in [5.74, 6) is 0.0799. The Labute approximate surface area is 132 Å². The lowest BCUT2D eigenvalue weighted by Crippen LogP contribution is -2.42. The van der Waals surface area contributed by atoms with Gasteiger partial charge in [-0.25, -0.2) is 13.1 Å². The summed E-state index contributed by atoms with van der Waals surface area (Å²) in [6, 6.07) is 4.10. The average molecular weight is 376 g/mol. The number of carbonyl (C=O) groups is 1. The number of rotatable bonds is 5. The fraction of sp³-hybridized carbons (Fsp3) is 0.462. The topological polar surface area (TPSA) is 92.5 Å². The van der Waals surface area contributed by atoms with Crippen molar-refractivity contribution < 1.29 is 13.2 Å². The fourth-order valence-electron chi connectivity index (χ4n) is 2.27. The highest BCUT2D eigenvalue weighted by Gasteiger charge is 2.24. The second kappa shape index (κ2) is 6.33. The number of hydrogen-bond donors (Lipinski definition) is 2. The van der Waals surface area contributed by atoms with Gasteiger partial charge in [-0.2, -0.15) is 0 Å². The minimum Gasteiger partial charge on any atom is -0.398 e. The number of anilines is 1. The van der Waals surface area contributed by atoms with Crippen LogP contribution in [0.15, 0.2) is 27.6 Å². The maximum absolute atomic E-state index is 12.3. The summed E-state index contributed by atoms with van der Waals surface area (Å²) in [7, 11) is -3.63. The SMILES string of the molecule is CC(CN1CCCC1=O)NS(=O)(=O)c1ccc(N)c(Br)c1. The van der Waals surface area contributed by atoms with E-state index in [0.717, 1.165) is 6.42 Å². The van der Waals surface area contributed by atoms with Crippen molar-refractivity contribution in [3.05, 3.63) is 22.7 Å². The number of nitrogens with one attached hydrogen (secondary N) is 1. The molecule has 1 heterocycles. The van der Waals surface area contributed by atoms with Gasteiger partial charge >= 0.3 is 0 Å². The van der Waals surface area contributed by atoms with Gasteiger partial charge in [0, 0.05) is 35.7 Å². The van der Waals surface area contributed by atoms with Crippen LogP contribution in [0, 0.1) is 0 Å². The highest BCUT2D eigenvalue weighted by molar-refractivity contribution is 9.10. The van der Waals surface area contributed by atoms with Gasteiger partial charge in [0.1, 0.15) is 0 Å². The molecule has 1 aliphatic heterocycles. The van der Waals surface area contributed by atoms with Crippen LogP contribution < -0.4 is 10.5 Å². The minimum atomic E-state index is -3.63. The van der Waals surface area contributed by atoms with Crippen molar-refractivity contribution in [3.8, 4) is 0 Å². The Morgan fingerprint density at radius 3 is 2.76 bits per heavy atom. The molecule has 0 spiro atoms. The summed E-state index contributed by atoms with van der Waals surface area (Å²) < 4.78 is 27.7. The predicted molar refractivity (Wildman–Crippen MR) is 84.2 cm³/mol. The lowest BCUT2D eigenvalue weighted by molar-refractivity contribution is -0.127. The van der Waals surface area contributed by atoms with Crippen LogP contribution in [0.25, 0.3) is 0 Å². The number of benzene rings is 1. The normalized spacial score (nSPS) is 17.2. The predicted octanol–water partition coefficient (Wildman–Crippen LogP) is 1.32. The molecule has 6 nitrogen and oxygen atoms in total. The van der Waals surface area contributed by atoms with Gasteiger partial charge in [0.25, 0.3) is 0 Å². The monoisotopic (exact) mass is 375 g/mol. The summed E-state index contributed by atoms with van der Waals surface area (Å²) in [5, 5.41) is 0. The van der Waals surface area contributed by atoms with Crippen molar-refractivity contribution in [2.75, 3.05) is 18.8 Å². The summed E-state index contributed by atoms with van der Waals surface area (Å²) in [6.45, 7) is 2.82. The van der Waals surface area contributed by atoms with Gasteiger partial charge < -0.3 is 10.6 Å². The van der Waals surface area contributed by atoms with Crippen LogP contribution in [-0.2, 0) is 14.8 Å². The standard InChI is InChI=1S/C13H18BrN3O3S/c1-9(8-17-6-2-3-13(17)18)16-21(19,20)10-4-5-12(15)11(14)7-10/h4-5,7,9,16H,2-3,6,8,15H2,1H3. The molecule has 0 radical (unpaired) electrons. The largest absolute Gasteiger partial charge is 0.398 e. The molecular formula is C13H18BrN3O3S. The first kappa shape index (κ1) is 16.3. The summed E-state index contributed by atoms with van der Waals surface area (Å²) in [4.78, 5) is 13.4. The van der Waals surface area contributed by atoms with E-state index in [-0.39, 0.29) is 16.8 Å². The molecule has 2 rings (SSSR count). The van der Waals surface area contributed by atoms with Gasteiger partial charge in [-0.05, 0) is 47.5 Å². The Kier molecular flexibility index (Phi) is 4.90. The minimum absolute atomic E-state index is 0.0799. The first-order chi connectivity index (χ1) is 9.79. The van der Waals surface area contributed by atoms with Crippen LogP contribution in [-0.4, -0.2) is 38.4 Å². The second-order valence-corrected chi connectivity index (χ2v) is 7.72. The third-order valence-corrected chi connectivity index (χ3v) is 5.58. The quantitative estimate of drug-likeness (QED) is 0.759. The fourth-order valence-corrected chi connectivity index (χ4v) is 4.06. The molecule has 1 unspecified atom stereocenters. The molecule has 3 N–H and O–H groups in total. The second-order valence-electron chi connectivity index (χ2n) is 5.15. The Balaban J connectivity index is 2.06. The van der Waals surface area contributed by atoms with Crippen molar-refractivity contribution >= 4 is 37.5 Å². The van der Waals surface area contributed by atoms with Crippen molar-refractivity contribution in [2.24, 2.45) is 0 Å². The summed E-state index contributed by atoms with van der Waals surface area (Å²) >= 11 is 3.21. The van der Waals surface area contributed by atoms with Crippen molar-refractivity contribution in [3.63, 3.8) is 0 Å². The van der Waals surface area contributed by atoms with Gasteiger partial charge in [-0.3, -0.25) is 4.79 Å². The summed E-state index contributed by atoms with van der Waals surface area (Å²) in [5.41, 5.74) is 6.13. The molecule has 1 aromatic rings. The van der Waals surface area contributed by atoms with Crippen LogP contribution in [0.5, 0.6) is 0 Å². The van der Waals surface area contributed by atoms with Gasteiger partial charge in [0.05, 0.1) is 4.90 Å². The molecule has 8 heteroatoms. The molecule has 1 saturated heterocycles. The van der Waals surface area contributed by atoms with Crippen LogP contribution in [0.2, 0.25) is 0 Å². The average Bonchev–Trinajstić information content (AvgIpc) is 2.77. The lowest BCUT2D eigenvalue weighted by Gasteiger charge is -2.21. The molecule has 0 aromatic heterocycles. The third kappa shape index (κ3) is 3.96. The molecule has 0 saturated carbocycles. The van der Waals surface area contributed by atoms with E-state index in [4.69, 9.17) is 5.73 Å². The van der Waals surface area contributed by atoms with E-state index in [1.807, 2.05) is 0 Å². The van der Waals surface area contributed by atoms with E-state index in [1.54, 1.807) is 11.8 Å². The Morgan fingerprint density at radius 2 is 2.19 bits per heavy atom. The number of hydrogen-bond acceptors (Lipinski definition) is 4. The maximum Gasteiger partial charge on any atom is 0.240 e. The number of nitrogens with two attached hydrogens (primary N) is 1. The Bertz CT molecular complexity index is 648. The van der Waals surface area contributed by atoms with E-state index in [0.29, 0.717) is 29.7 Å². The van der Waals surface area contributed by atoms with Crippen LogP contribution >= 0.6 is 15.9 Å². The zero-order valence-corrected chi connectivity index (χ0v) is 14.1. The molecule has 1 fully saturated rings. The van der Waals surface area contributed by atoms with Crippen LogP contribution in [0.3, 0.4) is 0 Å². The number of halogens is 1. The molecule has 21 heavy (non-hydrogen) atoms. The van der Waals surface area contributed by atoms with E-state index in [9.17, 15) is 13.2 Å². The van der Waals surface area contributed by atoms with Gasteiger partial charge in [0.2, 0.25) is 15.9 Å². The number of nitrogen functional groups attached to an aromatic ring is 1. The number of carbonyl (C=O) groups excluding carboxylic acids is 1. The molecule has 116 valence electrons. The Morgan fingerprint density at radius 1 is 1.48 bits per heavy atom. The maximum atomic E-state index is 12.3. The van der Waals surface area contributed by atoms with Crippen LogP contribution in [0.1, 0.15) is 19.8 Å². The molecule has 0 bridgehead atoms. The zero-order chi connectivity index (χ0) is 15.6. The number of amides is 1. The van der Waals surface area contributed by atoms with E-state index in [1.165, 1.54) is 18.2 Å². The molecule has 1 aromatic carbocycles.